The number of non-ortho nitro benzene ring substituents is 1. The normalized spacial score (nSPS) is 13.0. The number of hydrogen-bond donors (Lipinski definition) is 0. The highest BCUT2D eigenvalue weighted by molar-refractivity contribution is 6.26. The van der Waals surface area contributed by atoms with E-state index >= 15 is 0 Å². The Labute approximate surface area is 150 Å². The molecule has 0 N–H and O–H groups in total. The molecule has 0 aliphatic carbocycles. The molecule has 0 fully saturated rings. The topological polar surface area (TPSA) is 120 Å². The van der Waals surface area contributed by atoms with Gasteiger partial charge in [0.15, 0.2) is 0 Å². The second kappa shape index (κ2) is 5.99. The lowest BCUT2D eigenvalue weighted by molar-refractivity contribution is -0.383. The van der Waals surface area contributed by atoms with E-state index in [1.807, 2.05) is 0 Å². The van der Waals surface area contributed by atoms with Crippen LogP contribution in [-0.4, -0.2) is 32.8 Å². The van der Waals surface area contributed by atoms with E-state index in [2.05, 4.69) is 4.98 Å². The van der Waals surface area contributed by atoms with Crippen molar-refractivity contribution in [2.75, 3.05) is 0 Å². The Morgan fingerprint density at radius 1 is 1.04 bits per heavy atom. The van der Waals surface area contributed by atoms with Gasteiger partial charge in [-0.1, -0.05) is 11.1 Å². The standard InChI is InChI=1S/C18H9N3O6/c22-16-12-5-1-4-11-14(21(25)26)7-6-13(15(11)12)17(23)20(16)27-18(24)10-3-2-8-19-9-10/h1-9H. The first-order valence-corrected chi connectivity index (χ1v) is 7.70. The molecule has 2 heterocycles. The highest BCUT2D eigenvalue weighted by atomic mass is 16.7. The van der Waals surface area contributed by atoms with Crippen LogP contribution in [0.2, 0.25) is 0 Å². The molecule has 132 valence electrons. The summed E-state index contributed by atoms with van der Waals surface area (Å²) in [5, 5.41) is 11.9. The molecule has 1 aromatic heterocycles. The molecule has 9 heteroatoms. The maximum Gasteiger partial charge on any atom is 0.365 e. The molecule has 0 saturated carbocycles. The molecule has 0 atom stereocenters. The van der Waals surface area contributed by atoms with Crippen LogP contribution in [0.25, 0.3) is 10.8 Å². The molecule has 0 radical (unpaired) electrons. The molecular weight excluding hydrogens is 354 g/mol. The van der Waals surface area contributed by atoms with Gasteiger partial charge >= 0.3 is 5.97 Å². The molecule has 2 amide bonds. The van der Waals surface area contributed by atoms with Crippen LogP contribution in [0.3, 0.4) is 0 Å². The minimum Gasteiger partial charge on any atom is -0.324 e. The third-order valence-corrected chi connectivity index (χ3v) is 4.12. The van der Waals surface area contributed by atoms with Crippen molar-refractivity contribution in [1.29, 1.82) is 0 Å². The maximum atomic E-state index is 12.7. The molecule has 0 unspecified atom stereocenters. The van der Waals surface area contributed by atoms with Gasteiger partial charge < -0.3 is 4.84 Å². The summed E-state index contributed by atoms with van der Waals surface area (Å²) < 4.78 is 0. The van der Waals surface area contributed by atoms with E-state index in [0.29, 0.717) is 5.06 Å². The summed E-state index contributed by atoms with van der Waals surface area (Å²) in [5.41, 5.74) is -0.0996. The fraction of sp³-hybridized carbons (Fsp3) is 0. The largest absolute Gasteiger partial charge is 0.365 e. The highest BCUT2D eigenvalue weighted by Gasteiger charge is 2.37. The lowest BCUT2D eigenvalue weighted by Crippen LogP contribution is -2.41. The van der Waals surface area contributed by atoms with Gasteiger partial charge in [-0.05, 0) is 30.3 Å². The number of aromatic nitrogens is 1. The van der Waals surface area contributed by atoms with E-state index < -0.39 is 22.7 Å². The van der Waals surface area contributed by atoms with Crippen LogP contribution in [0.15, 0.2) is 54.9 Å². The average molecular weight is 363 g/mol. The number of rotatable bonds is 3. The predicted molar refractivity (Wildman–Crippen MR) is 90.8 cm³/mol. The molecule has 1 aliphatic rings. The fourth-order valence-corrected chi connectivity index (χ4v) is 2.92. The number of carbonyl (C=O) groups excluding carboxylic acids is 3. The monoisotopic (exact) mass is 363 g/mol. The number of benzene rings is 2. The Morgan fingerprint density at radius 3 is 2.44 bits per heavy atom. The van der Waals surface area contributed by atoms with Crippen molar-refractivity contribution >= 4 is 34.2 Å². The Hall–Kier alpha value is -4.14. The number of nitrogens with zero attached hydrogens (tertiary/aromatic N) is 3. The average Bonchev–Trinajstić information content (AvgIpc) is 2.69. The number of pyridine rings is 1. The van der Waals surface area contributed by atoms with Crippen molar-refractivity contribution in [2.24, 2.45) is 0 Å². The van der Waals surface area contributed by atoms with Gasteiger partial charge in [-0.3, -0.25) is 24.7 Å². The number of carbonyl (C=O) groups is 3. The zero-order chi connectivity index (χ0) is 19.1. The predicted octanol–water partition coefficient (Wildman–Crippen LogP) is 2.51. The number of hydrogen-bond acceptors (Lipinski definition) is 7. The van der Waals surface area contributed by atoms with Crippen molar-refractivity contribution in [1.82, 2.24) is 10.0 Å². The Kier molecular flexibility index (Phi) is 3.62. The van der Waals surface area contributed by atoms with Gasteiger partial charge in [-0.25, -0.2) is 4.79 Å². The third kappa shape index (κ3) is 2.49. The second-order valence-corrected chi connectivity index (χ2v) is 5.64. The van der Waals surface area contributed by atoms with Crippen molar-refractivity contribution in [3.8, 4) is 0 Å². The van der Waals surface area contributed by atoms with Crippen LogP contribution in [0, 0.1) is 10.1 Å². The summed E-state index contributed by atoms with van der Waals surface area (Å²) in [6.45, 7) is 0. The lowest BCUT2D eigenvalue weighted by Gasteiger charge is -2.25. The van der Waals surface area contributed by atoms with Crippen molar-refractivity contribution in [3.05, 3.63) is 81.7 Å². The van der Waals surface area contributed by atoms with Crippen molar-refractivity contribution < 1.29 is 24.1 Å². The van der Waals surface area contributed by atoms with Crippen LogP contribution in [0.5, 0.6) is 0 Å². The molecule has 2 aromatic carbocycles. The summed E-state index contributed by atoms with van der Waals surface area (Å²) in [4.78, 5) is 57.0. The number of nitro benzene ring substituents is 1. The second-order valence-electron chi connectivity index (χ2n) is 5.64. The molecule has 0 saturated heterocycles. The van der Waals surface area contributed by atoms with Gasteiger partial charge in [-0.2, -0.15) is 0 Å². The van der Waals surface area contributed by atoms with Crippen LogP contribution in [0.1, 0.15) is 31.1 Å². The van der Waals surface area contributed by atoms with Gasteiger partial charge in [-0.15, -0.1) is 0 Å². The quantitative estimate of drug-likeness (QED) is 0.398. The number of nitro groups is 1. The minimum absolute atomic E-state index is 0.0322. The number of hydroxylamine groups is 2. The maximum absolute atomic E-state index is 12.7. The van der Waals surface area contributed by atoms with E-state index in [4.69, 9.17) is 4.84 Å². The third-order valence-electron chi connectivity index (χ3n) is 4.12. The van der Waals surface area contributed by atoms with E-state index in [1.54, 1.807) is 0 Å². The van der Waals surface area contributed by atoms with Crippen LogP contribution in [-0.2, 0) is 4.84 Å². The Bertz CT molecular complexity index is 1120. The van der Waals surface area contributed by atoms with Gasteiger partial charge in [0.25, 0.3) is 17.5 Å². The zero-order valence-corrected chi connectivity index (χ0v) is 13.5. The van der Waals surface area contributed by atoms with Crippen LogP contribution < -0.4 is 0 Å². The van der Waals surface area contributed by atoms with Crippen molar-refractivity contribution in [2.45, 2.75) is 0 Å². The zero-order valence-electron chi connectivity index (χ0n) is 13.5. The summed E-state index contributed by atoms with van der Waals surface area (Å²) in [6.07, 6.45) is 2.69. The van der Waals surface area contributed by atoms with Gasteiger partial charge in [0.1, 0.15) is 0 Å². The number of imide groups is 1. The summed E-state index contributed by atoms with van der Waals surface area (Å²) in [6, 6.07) is 9.68. The smallest absolute Gasteiger partial charge is 0.324 e. The van der Waals surface area contributed by atoms with Crippen LogP contribution >= 0.6 is 0 Å². The molecule has 27 heavy (non-hydrogen) atoms. The molecule has 0 bridgehead atoms. The Morgan fingerprint density at radius 2 is 1.78 bits per heavy atom. The Balaban J connectivity index is 1.80. The highest BCUT2D eigenvalue weighted by Crippen LogP contribution is 2.35. The molecule has 3 aromatic rings. The fourth-order valence-electron chi connectivity index (χ4n) is 2.92. The lowest BCUT2D eigenvalue weighted by atomic mass is 9.94. The first-order valence-electron chi connectivity index (χ1n) is 7.70. The molecular formula is C18H9N3O6. The van der Waals surface area contributed by atoms with E-state index in [9.17, 15) is 24.5 Å². The first-order chi connectivity index (χ1) is 13.0. The van der Waals surface area contributed by atoms with Gasteiger partial charge in [0.2, 0.25) is 0 Å². The van der Waals surface area contributed by atoms with E-state index in [1.165, 1.54) is 54.9 Å². The molecule has 0 spiro atoms. The SMILES string of the molecule is O=C(ON1C(=O)c2cccc3c([N+](=O)[O-])ccc(c23)C1=O)c1cccnc1. The summed E-state index contributed by atoms with van der Waals surface area (Å²) >= 11 is 0. The summed E-state index contributed by atoms with van der Waals surface area (Å²) in [7, 11) is 0. The van der Waals surface area contributed by atoms with Gasteiger partial charge in [0.05, 0.1) is 27.0 Å². The first kappa shape index (κ1) is 16.3. The molecule has 9 nitrogen and oxygen atoms in total. The molecule has 1 aliphatic heterocycles. The number of amides is 2. The van der Waals surface area contributed by atoms with Gasteiger partial charge in [0, 0.05) is 23.8 Å². The minimum atomic E-state index is -0.928. The molecule has 4 rings (SSSR count). The van der Waals surface area contributed by atoms with Crippen LogP contribution in [0.4, 0.5) is 5.69 Å². The van der Waals surface area contributed by atoms with E-state index in [-0.39, 0.29) is 33.2 Å². The van der Waals surface area contributed by atoms with E-state index in [0.717, 1.165) is 0 Å². The summed E-state index contributed by atoms with van der Waals surface area (Å²) in [5.74, 6) is -2.69. The van der Waals surface area contributed by atoms with Crippen molar-refractivity contribution in [3.63, 3.8) is 0 Å².